The number of nitrogens with zero attached hydrogens (tertiary/aromatic N) is 1. The maximum absolute atomic E-state index is 12.2. The smallest absolute Gasteiger partial charge is 0.325 e. The maximum Gasteiger partial charge on any atom is 0.417 e. The van der Waals surface area contributed by atoms with Gasteiger partial charge in [0.05, 0.1) is 5.56 Å². The van der Waals surface area contributed by atoms with E-state index in [-0.39, 0.29) is 0 Å². The molecule has 2 nitrogen and oxygen atoms in total. The quantitative estimate of drug-likeness (QED) is 0.827. The van der Waals surface area contributed by atoms with Crippen LogP contribution in [0.3, 0.4) is 0 Å². The summed E-state index contributed by atoms with van der Waals surface area (Å²) >= 11 is 0. The van der Waals surface area contributed by atoms with Crippen molar-refractivity contribution in [2.45, 2.75) is 32.0 Å². The number of hydrogen-bond donors (Lipinski definition) is 1. The molecule has 0 amide bonds. The first-order valence-corrected chi connectivity index (χ1v) is 4.49. The van der Waals surface area contributed by atoms with E-state index in [4.69, 9.17) is 5.73 Å². The lowest BCUT2D eigenvalue weighted by Crippen LogP contribution is -2.34. The molecule has 15 heavy (non-hydrogen) atoms. The van der Waals surface area contributed by atoms with Crippen molar-refractivity contribution in [3.63, 3.8) is 0 Å². The predicted molar refractivity (Wildman–Crippen MR) is 51.2 cm³/mol. The van der Waals surface area contributed by atoms with E-state index >= 15 is 0 Å². The van der Waals surface area contributed by atoms with E-state index in [0.29, 0.717) is 12.1 Å². The molecule has 0 spiro atoms. The molecule has 5 heteroatoms. The summed E-state index contributed by atoms with van der Waals surface area (Å²) in [4.78, 5) is 3.73. The van der Waals surface area contributed by atoms with Crippen molar-refractivity contribution in [1.82, 2.24) is 4.98 Å². The fourth-order valence-corrected chi connectivity index (χ4v) is 1.16. The van der Waals surface area contributed by atoms with Crippen LogP contribution in [0, 0.1) is 0 Å². The zero-order valence-corrected chi connectivity index (χ0v) is 8.60. The summed E-state index contributed by atoms with van der Waals surface area (Å²) in [5, 5.41) is 0. The molecule has 0 bridgehead atoms. The minimum atomic E-state index is -4.33. The average molecular weight is 218 g/mol. The number of aromatic nitrogens is 1. The number of hydrogen-bond acceptors (Lipinski definition) is 2. The number of pyridine rings is 1. The van der Waals surface area contributed by atoms with Gasteiger partial charge < -0.3 is 5.73 Å². The van der Waals surface area contributed by atoms with Crippen molar-refractivity contribution in [3.8, 4) is 0 Å². The number of nitrogens with two attached hydrogens (primary N) is 1. The molecule has 84 valence electrons. The zero-order valence-electron chi connectivity index (χ0n) is 8.60. The molecule has 0 saturated heterocycles. The Kier molecular flexibility index (Phi) is 3.04. The molecule has 1 rings (SSSR count). The van der Waals surface area contributed by atoms with Gasteiger partial charge in [0.1, 0.15) is 0 Å². The predicted octanol–water partition coefficient (Wildman–Crippen LogP) is 2.38. The van der Waals surface area contributed by atoms with Crippen LogP contribution in [0.2, 0.25) is 0 Å². The van der Waals surface area contributed by atoms with E-state index in [1.165, 1.54) is 6.07 Å². The van der Waals surface area contributed by atoms with E-state index in [2.05, 4.69) is 4.98 Å². The molecule has 0 aliphatic carbocycles. The summed E-state index contributed by atoms with van der Waals surface area (Å²) in [5.41, 5.74) is 5.09. The highest BCUT2D eigenvalue weighted by Gasteiger charge is 2.30. The lowest BCUT2D eigenvalue weighted by molar-refractivity contribution is -0.137. The average Bonchev–Trinajstić information content (AvgIpc) is 2.00. The largest absolute Gasteiger partial charge is 0.417 e. The summed E-state index contributed by atoms with van der Waals surface area (Å²) < 4.78 is 36.6. The third-order valence-electron chi connectivity index (χ3n) is 1.79. The van der Waals surface area contributed by atoms with Crippen LogP contribution in [0.1, 0.15) is 25.1 Å². The molecule has 1 aromatic rings. The number of rotatable bonds is 2. The lowest BCUT2D eigenvalue weighted by atomic mass is 9.99. The van der Waals surface area contributed by atoms with Crippen LogP contribution in [0.4, 0.5) is 13.2 Å². The van der Waals surface area contributed by atoms with E-state index in [0.717, 1.165) is 12.3 Å². The van der Waals surface area contributed by atoms with Crippen LogP contribution in [0.25, 0.3) is 0 Å². The van der Waals surface area contributed by atoms with Gasteiger partial charge in [-0.1, -0.05) is 0 Å². The van der Waals surface area contributed by atoms with Crippen LogP contribution in [0.5, 0.6) is 0 Å². The molecular weight excluding hydrogens is 205 g/mol. The van der Waals surface area contributed by atoms with Crippen molar-refractivity contribution >= 4 is 0 Å². The second kappa shape index (κ2) is 3.81. The van der Waals surface area contributed by atoms with Gasteiger partial charge in [0.25, 0.3) is 0 Å². The number of alkyl halides is 3. The fraction of sp³-hybridized carbons (Fsp3) is 0.500. The molecule has 0 aromatic carbocycles. The normalized spacial score (nSPS) is 12.9. The van der Waals surface area contributed by atoms with Crippen LogP contribution in [0.15, 0.2) is 18.3 Å². The van der Waals surface area contributed by atoms with Gasteiger partial charge in [-0.05, 0) is 26.0 Å². The van der Waals surface area contributed by atoms with Crippen LogP contribution >= 0.6 is 0 Å². The third-order valence-corrected chi connectivity index (χ3v) is 1.79. The molecular formula is C10H13F3N2. The lowest BCUT2D eigenvalue weighted by Gasteiger charge is -2.17. The topological polar surface area (TPSA) is 38.9 Å². The van der Waals surface area contributed by atoms with Gasteiger partial charge >= 0.3 is 6.18 Å². The molecule has 1 heterocycles. The molecule has 0 aliphatic heterocycles. The summed E-state index contributed by atoms with van der Waals surface area (Å²) in [5.74, 6) is 0. The van der Waals surface area contributed by atoms with Crippen molar-refractivity contribution in [2.24, 2.45) is 5.73 Å². The molecule has 0 saturated carbocycles. The van der Waals surface area contributed by atoms with Gasteiger partial charge in [0, 0.05) is 23.9 Å². The van der Waals surface area contributed by atoms with Crippen molar-refractivity contribution in [3.05, 3.63) is 29.6 Å². The molecule has 0 unspecified atom stereocenters. The van der Waals surface area contributed by atoms with Crippen LogP contribution < -0.4 is 5.73 Å². The molecule has 0 fully saturated rings. The van der Waals surface area contributed by atoms with Gasteiger partial charge in [-0.25, -0.2) is 0 Å². The number of halogens is 3. The van der Waals surface area contributed by atoms with Gasteiger partial charge in [-0.2, -0.15) is 13.2 Å². The van der Waals surface area contributed by atoms with E-state index in [9.17, 15) is 13.2 Å². The highest BCUT2D eigenvalue weighted by atomic mass is 19.4. The highest BCUT2D eigenvalue weighted by molar-refractivity contribution is 5.18. The molecule has 0 atom stereocenters. The maximum atomic E-state index is 12.2. The van der Waals surface area contributed by atoms with Gasteiger partial charge in [0.2, 0.25) is 0 Å². The van der Waals surface area contributed by atoms with Crippen molar-refractivity contribution in [1.29, 1.82) is 0 Å². The first-order valence-electron chi connectivity index (χ1n) is 4.49. The monoisotopic (exact) mass is 218 g/mol. The Morgan fingerprint density at radius 2 is 1.87 bits per heavy atom. The fourth-order valence-electron chi connectivity index (χ4n) is 1.16. The Labute approximate surface area is 86.3 Å². The zero-order chi connectivity index (χ0) is 11.7. The van der Waals surface area contributed by atoms with E-state index in [1.54, 1.807) is 13.8 Å². The Hall–Kier alpha value is -1.10. The Balaban J connectivity index is 2.82. The van der Waals surface area contributed by atoms with Gasteiger partial charge in [-0.15, -0.1) is 0 Å². The Morgan fingerprint density at radius 1 is 1.27 bits per heavy atom. The first kappa shape index (κ1) is 12.0. The van der Waals surface area contributed by atoms with E-state index in [1.807, 2.05) is 0 Å². The minimum absolute atomic E-state index is 0.450. The molecule has 0 radical (unpaired) electrons. The van der Waals surface area contributed by atoms with Crippen molar-refractivity contribution < 1.29 is 13.2 Å². The second-order valence-corrected chi connectivity index (χ2v) is 4.20. The van der Waals surface area contributed by atoms with Crippen molar-refractivity contribution in [2.75, 3.05) is 0 Å². The summed E-state index contributed by atoms with van der Waals surface area (Å²) in [6.45, 7) is 3.60. The Bertz CT molecular complexity index is 322. The third kappa shape index (κ3) is 3.87. The highest BCUT2D eigenvalue weighted by Crippen LogP contribution is 2.28. The standard InChI is InChI=1S/C10H13F3N2/c1-9(2,14)5-8-4-3-7(6-15-8)10(11,12)13/h3-4,6H,5,14H2,1-2H3. The summed E-state index contributed by atoms with van der Waals surface area (Å²) in [6.07, 6.45) is -3.05. The first-order chi connectivity index (χ1) is 6.68. The van der Waals surface area contributed by atoms with Crippen LogP contribution in [-0.4, -0.2) is 10.5 Å². The molecule has 0 aliphatic rings. The van der Waals surface area contributed by atoms with Gasteiger partial charge in [0.15, 0.2) is 0 Å². The van der Waals surface area contributed by atoms with Crippen LogP contribution in [-0.2, 0) is 12.6 Å². The second-order valence-electron chi connectivity index (χ2n) is 4.20. The summed E-state index contributed by atoms with van der Waals surface area (Å²) in [7, 11) is 0. The Morgan fingerprint density at radius 3 is 2.20 bits per heavy atom. The van der Waals surface area contributed by atoms with Gasteiger partial charge in [-0.3, -0.25) is 4.98 Å². The minimum Gasteiger partial charge on any atom is -0.325 e. The summed E-state index contributed by atoms with van der Waals surface area (Å²) in [6, 6.07) is 2.38. The SMILES string of the molecule is CC(C)(N)Cc1ccc(C(F)(F)F)cn1. The molecule has 2 N–H and O–H groups in total. The molecule has 1 aromatic heterocycles. The van der Waals surface area contributed by atoms with E-state index < -0.39 is 17.3 Å².